The second kappa shape index (κ2) is 4.93. The van der Waals surface area contributed by atoms with E-state index in [-0.39, 0.29) is 5.52 Å². The van der Waals surface area contributed by atoms with E-state index in [1.807, 2.05) is 30.3 Å². The van der Waals surface area contributed by atoms with Gasteiger partial charge in [-0.05, 0) is 5.56 Å². The molecule has 0 atom stereocenters. The second-order valence-electron chi connectivity index (χ2n) is 4.82. The van der Waals surface area contributed by atoms with Crippen molar-refractivity contribution < 1.29 is 0 Å². The first-order valence-electron chi connectivity index (χ1n) is 6.51. The SMILES string of the molecule is Cn1c(NCc2ccccc2)nc2c(=O)[nH]c(=O)n(C)c21. The van der Waals surface area contributed by atoms with Gasteiger partial charge in [-0.15, -0.1) is 0 Å². The van der Waals surface area contributed by atoms with Crippen LogP contribution in [-0.2, 0) is 20.6 Å². The Bertz CT molecular complexity index is 905. The zero-order chi connectivity index (χ0) is 15.0. The number of nitrogens with one attached hydrogen (secondary N) is 2. The predicted octanol–water partition coefficient (Wildman–Crippen LogP) is 0.572. The molecule has 3 aromatic rings. The average Bonchev–Trinajstić information content (AvgIpc) is 2.82. The van der Waals surface area contributed by atoms with Crippen molar-refractivity contribution in [3.63, 3.8) is 0 Å². The maximum atomic E-state index is 11.8. The van der Waals surface area contributed by atoms with Crippen molar-refractivity contribution in [2.24, 2.45) is 14.1 Å². The topological polar surface area (TPSA) is 84.7 Å². The molecule has 0 saturated carbocycles. The maximum Gasteiger partial charge on any atom is 0.329 e. The van der Waals surface area contributed by atoms with Gasteiger partial charge in [-0.1, -0.05) is 30.3 Å². The number of imidazole rings is 1. The van der Waals surface area contributed by atoms with Gasteiger partial charge in [-0.3, -0.25) is 18.9 Å². The Kier molecular flexibility index (Phi) is 3.09. The third-order valence-electron chi connectivity index (χ3n) is 3.42. The molecule has 0 aliphatic rings. The molecular weight excluding hydrogens is 270 g/mol. The minimum Gasteiger partial charge on any atom is -0.352 e. The highest BCUT2D eigenvalue weighted by Crippen LogP contribution is 2.14. The van der Waals surface area contributed by atoms with E-state index in [2.05, 4.69) is 15.3 Å². The van der Waals surface area contributed by atoms with Crippen LogP contribution in [0.5, 0.6) is 0 Å². The van der Waals surface area contributed by atoms with Crippen LogP contribution in [0.15, 0.2) is 39.9 Å². The predicted molar refractivity (Wildman–Crippen MR) is 80.3 cm³/mol. The first-order chi connectivity index (χ1) is 10.1. The summed E-state index contributed by atoms with van der Waals surface area (Å²) in [5.41, 5.74) is 0.906. The number of H-pyrrole nitrogens is 1. The smallest absolute Gasteiger partial charge is 0.329 e. The molecule has 0 aliphatic heterocycles. The number of hydrogen-bond acceptors (Lipinski definition) is 4. The van der Waals surface area contributed by atoms with Gasteiger partial charge in [-0.2, -0.15) is 0 Å². The van der Waals surface area contributed by atoms with Crippen LogP contribution < -0.4 is 16.6 Å². The summed E-state index contributed by atoms with van der Waals surface area (Å²) in [7, 11) is 3.37. The van der Waals surface area contributed by atoms with Crippen molar-refractivity contribution in [3.05, 3.63) is 56.7 Å². The number of fused-ring (bicyclic) bond motifs is 1. The molecule has 0 radical (unpaired) electrons. The number of aromatic nitrogens is 4. The molecule has 0 aliphatic carbocycles. The van der Waals surface area contributed by atoms with Crippen LogP contribution in [0, 0.1) is 0 Å². The van der Waals surface area contributed by atoms with Gasteiger partial charge in [0.1, 0.15) is 0 Å². The van der Waals surface area contributed by atoms with E-state index in [0.29, 0.717) is 18.1 Å². The monoisotopic (exact) mass is 285 g/mol. The maximum absolute atomic E-state index is 11.8. The fraction of sp³-hybridized carbons (Fsp3) is 0.214. The van der Waals surface area contributed by atoms with Crippen LogP contribution in [-0.4, -0.2) is 19.1 Å². The van der Waals surface area contributed by atoms with Gasteiger partial charge < -0.3 is 5.32 Å². The number of hydrogen-bond donors (Lipinski definition) is 2. The van der Waals surface area contributed by atoms with E-state index in [1.165, 1.54) is 4.57 Å². The van der Waals surface area contributed by atoms with E-state index in [0.717, 1.165) is 5.56 Å². The summed E-state index contributed by atoms with van der Waals surface area (Å²) in [4.78, 5) is 30.0. The second-order valence-corrected chi connectivity index (χ2v) is 4.82. The van der Waals surface area contributed by atoms with Gasteiger partial charge in [0.25, 0.3) is 5.56 Å². The summed E-state index contributed by atoms with van der Waals surface area (Å²) in [5, 5.41) is 3.18. The molecule has 7 heteroatoms. The largest absolute Gasteiger partial charge is 0.352 e. The van der Waals surface area contributed by atoms with Gasteiger partial charge in [0, 0.05) is 20.6 Å². The molecule has 2 aromatic heterocycles. The summed E-state index contributed by atoms with van der Waals surface area (Å²) in [6, 6.07) is 9.87. The van der Waals surface area contributed by atoms with Gasteiger partial charge >= 0.3 is 5.69 Å². The van der Waals surface area contributed by atoms with E-state index < -0.39 is 11.2 Å². The highest BCUT2D eigenvalue weighted by Gasteiger charge is 2.14. The van der Waals surface area contributed by atoms with Crippen molar-refractivity contribution in [2.45, 2.75) is 6.54 Å². The summed E-state index contributed by atoms with van der Waals surface area (Å²) >= 11 is 0. The van der Waals surface area contributed by atoms with Crippen molar-refractivity contribution in [1.82, 2.24) is 19.1 Å². The number of rotatable bonds is 3. The lowest BCUT2D eigenvalue weighted by molar-refractivity contribution is 0.794. The molecule has 0 fully saturated rings. The Morgan fingerprint density at radius 3 is 2.57 bits per heavy atom. The lowest BCUT2D eigenvalue weighted by Gasteiger charge is -2.07. The molecule has 21 heavy (non-hydrogen) atoms. The molecule has 7 nitrogen and oxygen atoms in total. The van der Waals surface area contributed by atoms with Crippen molar-refractivity contribution in [2.75, 3.05) is 5.32 Å². The molecule has 0 unspecified atom stereocenters. The molecular formula is C14H15N5O2. The molecule has 0 bridgehead atoms. The normalized spacial score (nSPS) is 11.0. The van der Waals surface area contributed by atoms with Crippen LogP contribution in [0.4, 0.5) is 5.95 Å². The standard InChI is InChI=1S/C14H15N5O2/c1-18-12-10(11(20)17-14(21)19(12)2)16-13(18)15-8-9-6-4-3-5-7-9/h3-7H,8H2,1-2H3,(H,15,16)(H,17,20,21). The Balaban J connectivity index is 2.03. The quantitative estimate of drug-likeness (QED) is 0.737. The van der Waals surface area contributed by atoms with Crippen LogP contribution >= 0.6 is 0 Å². The molecule has 108 valence electrons. The van der Waals surface area contributed by atoms with Crippen molar-refractivity contribution in [1.29, 1.82) is 0 Å². The summed E-state index contributed by atoms with van der Waals surface area (Å²) in [6.45, 7) is 0.587. The third kappa shape index (κ3) is 2.22. The lowest BCUT2D eigenvalue weighted by Crippen LogP contribution is -2.29. The highest BCUT2D eigenvalue weighted by atomic mass is 16.2. The molecule has 0 saturated heterocycles. The number of aromatic amines is 1. The van der Waals surface area contributed by atoms with Gasteiger partial charge in [0.05, 0.1) is 0 Å². The van der Waals surface area contributed by atoms with E-state index >= 15 is 0 Å². The summed E-state index contributed by atoms with van der Waals surface area (Å²) in [6.07, 6.45) is 0. The molecule has 0 amide bonds. The van der Waals surface area contributed by atoms with Gasteiger partial charge in [-0.25, -0.2) is 9.78 Å². The molecule has 2 heterocycles. The zero-order valence-corrected chi connectivity index (χ0v) is 11.8. The van der Waals surface area contributed by atoms with E-state index in [4.69, 9.17) is 0 Å². The fourth-order valence-corrected chi connectivity index (χ4v) is 2.30. The average molecular weight is 285 g/mol. The Morgan fingerprint density at radius 2 is 1.86 bits per heavy atom. The van der Waals surface area contributed by atoms with Crippen LogP contribution in [0.1, 0.15) is 5.56 Å². The Morgan fingerprint density at radius 1 is 1.14 bits per heavy atom. The minimum absolute atomic E-state index is 0.246. The van der Waals surface area contributed by atoms with Crippen LogP contribution in [0.3, 0.4) is 0 Å². The molecule has 1 aromatic carbocycles. The summed E-state index contributed by atoms with van der Waals surface area (Å²) < 4.78 is 3.08. The molecule has 0 spiro atoms. The molecule has 2 N–H and O–H groups in total. The van der Waals surface area contributed by atoms with Crippen molar-refractivity contribution in [3.8, 4) is 0 Å². The number of aryl methyl sites for hydroxylation is 2. The Hall–Kier alpha value is -2.83. The fourth-order valence-electron chi connectivity index (χ4n) is 2.30. The van der Waals surface area contributed by atoms with Gasteiger partial charge in [0.15, 0.2) is 11.2 Å². The first-order valence-corrected chi connectivity index (χ1v) is 6.51. The number of benzene rings is 1. The van der Waals surface area contributed by atoms with Gasteiger partial charge in [0.2, 0.25) is 5.95 Å². The minimum atomic E-state index is -0.475. The van der Waals surface area contributed by atoms with E-state index in [1.54, 1.807) is 18.7 Å². The summed E-state index contributed by atoms with van der Waals surface area (Å²) in [5.74, 6) is 0.542. The van der Waals surface area contributed by atoms with E-state index in [9.17, 15) is 9.59 Å². The third-order valence-corrected chi connectivity index (χ3v) is 3.42. The molecule has 3 rings (SSSR count). The number of anilines is 1. The van der Waals surface area contributed by atoms with Crippen LogP contribution in [0.2, 0.25) is 0 Å². The number of nitrogens with zero attached hydrogens (tertiary/aromatic N) is 3. The van der Waals surface area contributed by atoms with Crippen LogP contribution in [0.25, 0.3) is 11.2 Å². The van der Waals surface area contributed by atoms with Crippen molar-refractivity contribution >= 4 is 17.1 Å². The highest BCUT2D eigenvalue weighted by molar-refractivity contribution is 5.73. The zero-order valence-electron chi connectivity index (χ0n) is 11.8. The lowest BCUT2D eigenvalue weighted by atomic mass is 10.2. The Labute approximate surface area is 119 Å². The first kappa shape index (κ1) is 13.2.